The van der Waals surface area contributed by atoms with Gasteiger partial charge in [0.05, 0.1) is 12.1 Å². The second kappa shape index (κ2) is 7.67. The normalized spacial score (nSPS) is 15.1. The number of amides is 2. The Morgan fingerprint density at radius 1 is 1.21 bits per heavy atom. The number of nitrogens with one attached hydrogen (secondary N) is 2. The lowest BCUT2D eigenvalue weighted by atomic mass is 10.0. The summed E-state index contributed by atoms with van der Waals surface area (Å²) in [5.41, 5.74) is 2.88. The molecule has 0 radical (unpaired) electrons. The molecule has 148 valence electrons. The molecule has 0 saturated heterocycles. The molecule has 1 aliphatic heterocycles. The van der Waals surface area contributed by atoms with Gasteiger partial charge < -0.3 is 10.6 Å². The third-order valence-electron chi connectivity index (χ3n) is 4.80. The van der Waals surface area contributed by atoms with Crippen molar-refractivity contribution in [2.24, 2.45) is 0 Å². The summed E-state index contributed by atoms with van der Waals surface area (Å²) in [5.74, 6) is -0.416. The second-order valence-electron chi connectivity index (χ2n) is 6.74. The van der Waals surface area contributed by atoms with Gasteiger partial charge in [0.2, 0.25) is 5.91 Å². The van der Waals surface area contributed by atoms with Gasteiger partial charge in [0, 0.05) is 16.3 Å². The van der Waals surface area contributed by atoms with Gasteiger partial charge in [0.25, 0.3) is 5.91 Å². The first kappa shape index (κ1) is 19.1. The number of benzene rings is 2. The molecule has 0 bridgehead atoms. The monoisotopic (exact) mass is 412 g/mol. The highest BCUT2D eigenvalue weighted by Crippen LogP contribution is 2.38. The summed E-state index contributed by atoms with van der Waals surface area (Å²) in [5, 5.41) is 10.7. The largest absolute Gasteiger partial charge is 0.326 e. The first-order valence-corrected chi connectivity index (χ1v) is 9.57. The standard InChI is InChI=1S/C21H18ClFN4O2/c1-2-16-19(12-3-7-14(23)8-4-12)20-25-21(29)17(27(20)26-16)11-18(28)24-15-9-5-13(22)6-10-15/h3-10,17H,2,11H2,1H3,(H,24,28)(H,25,29). The van der Waals surface area contributed by atoms with E-state index in [4.69, 9.17) is 11.6 Å². The van der Waals surface area contributed by atoms with Gasteiger partial charge in [-0.05, 0) is 48.4 Å². The molecule has 2 heterocycles. The lowest BCUT2D eigenvalue weighted by molar-refractivity contribution is -0.123. The van der Waals surface area contributed by atoms with Gasteiger partial charge in [-0.1, -0.05) is 30.7 Å². The summed E-state index contributed by atoms with van der Waals surface area (Å²) in [4.78, 5) is 25.0. The van der Waals surface area contributed by atoms with Gasteiger partial charge in [0.15, 0.2) is 0 Å². The molecule has 6 nitrogen and oxygen atoms in total. The maximum atomic E-state index is 13.3. The zero-order valence-electron chi connectivity index (χ0n) is 15.6. The zero-order valence-corrected chi connectivity index (χ0v) is 16.3. The number of hydrogen-bond donors (Lipinski definition) is 2. The lowest BCUT2D eigenvalue weighted by Gasteiger charge is -2.10. The van der Waals surface area contributed by atoms with Crippen molar-refractivity contribution in [1.82, 2.24) is 9.78 Å². The number of aromatic nitrogens is 2. The van der Waals surface area contributed by atoms with Crippen LogP contribution in [0.15, 0.2) is 48.5 Å². The molecular weight excluding hydrogens is 395 g/mol. The van der Waals surface area contributed by atoms with Crippen molar-refractivity contribution in [2.45, 2.75) is 25.8 Å². The Balaban J connectivity index is 1.60. The molecule has 1 atom stereocenters. The zero-order chi connectivity index (χ0) is 20.5. The van der Waals surface area contributed by atoms with Crippen LogP contribution >= 0.6 is 11.6 Å². The first-order chi connectivity index (χ1) is 14.0. The average Bonchev–Trinajstić information content (AvgIpc) is 3.20. The molecule has 2 aromatic carbocycles. The van der Waals surface area contributed by atoms with Gasteiger partial charge >= 0.3 is 0 Å². The first-order valence-electron chi connectivity index (χ1n) is 9.20. The number of rotatable bonds is 5. The van der Waals surface area contributed by atoms with E-state index in [0.29, 0.717) is 22.9 Å². The number of nitrogens with zero attached hydrogens (tertiary/aromatic N) is 2. The fourth-order valence-corrected chi connectivity index (χ4v) is 3.53. The molecule has 0 saturated carbocycles. The number of fused-ring (bicyclic) bond motifs is 1. The van der Waals surface area contributed by atoms with Crippen molar-refractivity contribution >= 4 is 34.9 Å². The van der Waals surface area contributed by atoms with Crippen molar-refractivity contribution < 1.29 is 14.0 Å². The maximum absolute atomic E-state index is 13.3. The SMILES string of the molecule is CCc1nn2c(c1-c1ccc(F)cc1)NC(=O)C2CC(=O)Nc1ccc(Cl)cc1. The Kier molecular flexibility index (Phi) is 5.07. The fraction of sp³-hybridized carbons (Fsp3) is 0.190. The van der Waals surface area contributed by atoms with E-state index in [9.17, 15) is 14.0 Å². The molecule has 3 aromatic rings. The smallest absolute Gasteiger partial charge is 0.251 e. The van der Waals surface area contributed by atoms with Crippen LogP contribution in [-0.4, -0.2) is 21.6 Å². The highest BCUT2D eigenvalue weighted by molar-refractivity contribution is 6.30. The minimum Gasteiger partial charge on any atom is -0.326 e. The van der Waals surface area contributed by atoms with E-state index in [1.807, 2.05) is 6.92 Å². The Labute approximate surface area is 171 Å². The van der Waals surface area contributed by atoms with Crippen LogP contribution < -0.4 is 10.6 Å². The molecule has 8 heteroatoms. The van der Waals surface area contributed by atoms with Crippen LogP contribution in [0.2, 0.25) is 5.02 Å². The summed E-state index contributed by atoms with van der Waals surface area (Å²) >= 11 is 5.85. The van der Waals surface area contributed by atoms with Gasteiger partial charge in [-0.15, -0.1) is 0 Å². The summed E-state index contributed by atoms with van der Waals surface area (Å²) in [6.07, 6.45) is 0.571. The molecule has 2 amide bonds. The van der Waals surface area contributed by atoms with Gasteiger partial charge in [0.1, 0.15) is 17.7 Å². The van der Waals surface area contributed by atoms with Crippen LogP contribution in [0, 0.1) is 5.82 Å². The third kappa shape index (κ3) is 3.73. The minimum absolute atomic E-state index is 0.0604. The Morgan fingerprint density at radius 3 is 2.55 bits per heavy atom. The van der Waals surface area contributed by atoms with E-state index < -0.39 is 6.04 Å². The Bertz CT molecular complexity index is 1080. The van der Waals surface area contributed by atoms with Crippen LogP contribution in [0.25, 0.3) is 11.1 Å². The highest BCUT2D eigenvalue weighted by atomic mass is 35.5. The molecular formula is C21H18ClFN4O2. The molecule has 29 heavy (non-hydrogen) atoms. The predicted octanol–water partition coefficient (Wildman–Crippen LogP) is 4.43. The summed E-state index contributed by atoms with van der Waals surface area (Å²) in [6.45, 7) is 1.95. The van der Waals surface area contributed by atoms with Crippen LogP contribution in [0.3, 0.4) is 0 Å². The number of aryl methyl sites for hydroxylation is 1. The highest BCUT2D eigenvalue weighted by Gasteiger charge is 2.36. The van der Waals surface area contributed by atoms with Crippen molar-refractivity contribution in [2.75, 3.05) is 10.6 Å². The van der Waals surface area contributed by atoms with Crippen LogP contribution in [-0.2, 0) is 16.0 Å². The summed E-state index contributed by atoms with van der Waals surface area (Å²) in [7, 11) is 0. The van der Waals surface area contributed by atoms with E-state index in [1.54, 1.807) is 41.1 Å². The van der Waals surface area contributed by atoms with Crippen molar-refractivity contribution in [3.63, 3.8) is 0 Å². The molecule has 2 N–H and O–H groups in total. The number of halogens is 2. The number of carbonyl (C=O) groups is 2. The maximum Gasteiger partial charge on any atom is 0.251 e. The van der Waals surface area contributed by atoms with Gasteiger partial charge in [-0.25, -0.2) is 9.07 Å². The summed E-state index contributed by atoms with van der Waals surface area (Å²) < 4.78 is 14.9. The van der Waals surface area contributed by atoms with E-state index in [2.05, 4.69) is 15.7 Å². The second-order valence-corrected chi connectivity index (χ2v) is 7.18. The van der Waals surface area contributed by atoms with Crippen LogP contribution in [0.1, 0.15) is 25.1 Å². The van der Waals surface area contributed by atoms with E-state index in [-0.39, 0.29) is 24.1 Å². The number of hydrogen-bond acceptors (Lipinski definition) is 3. The molecule has 1 unspecified atom stereocenters. The average molecular weight is 413 g/mol. The molecule has 1 aliphatic rings. The minimum atomic E-state index is -0.753. The van der Waals surface area contributed by atoms with Crippen molar-refractivity contribution in [3.8, 4) is 11.1 Å². The lowest BCUT2D eigenvalue weighted by Crippen LogP contribution is -2.23. The topological polar surface area (TPSA) is 76.0 Å². The number of anilines is 2. The van der Waals surface area contributed by atoms with Crippen molar-refractivity contribution in [3.05, 3.63) is 65.1 Å². The molecule has 0 spiro atoms. The van der Waals surface area contributed by atoms with Gasteiger partial charge in [-0.3, -0.25) is 9.59 Å². The molecule has 4 rings (SSSR count). The predicted molar refractivity (Wildman–Crippen MR) is 109 cm³/mol. The molecule has 0 fully saturated rings. The third-order valence-corrected chi connectivity index (χ3v) is 5.05. The van der Waals surface area contributed by atoms with E-state index in [0.717, 1.165) is 16.8 Å². The van der Waals surface area contributed by atoms with E-state index >= 15 is 0 Å². The summed E-state index contributed by atoms with van der Waals surface area (Å²) in [6, 6.07) is 12.0. The van der Waals surface area contributed by atoms with Crippen LogP contribution in [0.5, 0.6) is 0 Å². The Hall–Kier alpha value is -3.19. The molecule has 1 aromatic heterocycles. The number of carbonyl (C=O) groups excluding carboxylic acids is 2. The van der Waals surface area contributed by atoms with E-state index in [1.165, 1.54) is 12.1 Å². The molecule has 0 aliphatic carbocycles. The van der Waals surface area contributed by atoms with Crippen LogP contribution in [0.4, 0.5) is 15.9 Å². The van der Waals surface area contributed by atoms with Crippen molar-refractivity contribution in [1.29, 1.82) is 0 Å². The quantitative estimate of drug-likeness (QED) is 0.651. The Morgan fingerprint density at radius 2 is 1.90 bits per heavy atom. The fourth-order valence-electron chi connectivity index (χ4n) is 3.41. The van der Waals surface area contributed by atoms with Gasteiger partial charge in [-0.2, -0.15) is 5.10 Å².